The van der Waals surface area contributed by atoms with Crippen LogP contribution in [0.1, 0.15) is 24.0 Å². The summed E-state index contributed by atoms with van der Waals surface area (Å²) in [5.74, 6) is -0.860. The number of benzene rings is 1. The molecule has 13 heteroatoms. The molecule has 0 spiro atoms. The van der Waals surface area contributed by atoms with Gasteiger partial charge in [-0.3, -0.25) is 9.59 Å². The zero-order valence-corrected chi connectivity index (χ0v) is 15.8. The molecule has 1 saturated heterocycles. The topological polar surface area (TPSA) is 83.6 Å². The van der Waals surface area contributed by atoms with Crippen LogP contribution in [0, 0.1) is 0 Å². The van der Waals surface area contributed by atoms with E-state index in [4.69, 9.17) is 11.6 Å². The van der Waals surface area contributed by atoms with Crippen LogP contribution in [0.4, 0.5) is 22.0 Å². The summed E-state index contributed by atoms with van der Waals surface area (Å²) in [7, 11) is -5.46. The second kappa shape index (κ2) is 7.47. The summed E-state index contributed by atoms with van der Waals surface area (Å²) in [6, 6.07) is 1.72. The smallest absolute Gasteiger partial charge is 0.350 e. The van der Waals surface area contributed by atoms with Crippen molar-refractivity contribution in [1.29, 1.82) is 0 Å². The lowest BCUT2D eigenvalue weighted by atomic mass is 10.1. The second-order valence-electron chi connectivity index (χ2n) is 6.02. The molecule has 28 heavy (non-hydrogen) atoms. The summed E-state index contributed by atoms with van der Waals surface area (Å²) in [6.45, 7) is -0.452. The van der Waals surface area contributed by atoms with Gasteiger partial charge in [-0.05, 0) is 12.0 Å². The van der Waals surface area contributed by atoms with Crippen molar-refractivity contribution in [3.05, 3.63) is 34.3 Å². The third-order valence-corrected chi connectivity index (χ3v) is 6.23. The second-order valence-corrected chi connectivity index (χ2v) is 8.38. The molecule has 1 unspecified atom stereocenters. The Morgan fingerprint density at radius 3 is 2.39 bits per heavy atom. The first-order valence-corrected chi connectivity index (χ1v) is 9.58. The molecule has 2 amide bonds. The van der Waals surface area contributed by atoms with Gasteiger partial charge in [0.15, 0.2) is 0 Å². The van der Waals surface area contributed by atoms with Gasteiger partial charge in [0.2, 0.25) is 11.8 Å². The van der Waals surface area contributed by atoms with Crippen LogP contribution in [0.25, 0.3) is 0 Å². The Labute approximate surface area is 161 Å². The Kier molecular flexibility index (Phi) is 5.96. The van der Waals surface area contributed by atoms with Crippen LogP contribution in [0.2, 0.25) is 5.02 Å². The highest BCUT2D eigenvalue weighted by atomic mass is 35.5. The number of nitrogens with one attached hydrogen (secondary N) is 1. The van der Waals surface area contributed by atoms with Crippen LogP contribution in [0.5, 0.6) is 0 Å². The van der Waals surface area contributed by atoms with Gasteiger partial charge in [-0.25, -0.2) is 8.42 Å². The molecule has 1 heterocycles. The molecule has 156 valence electrons. The molecule has 0 aromatic heterocycles. The maximum absolute atomic E-state index is 14.1. The lowest BCUT2D eigenvalue weighted by Gasteiger charge is -2.22. The van der Waals surface area contributed by atoms with Crippen molar-refractivity contribution in [2.24, 2.45) is 0 Å². The lowest BCUT2D eigenvalue weighted by molar-refractivity contribution is -0.133. The quantitative estimate of drug-likeness (QED) is 0.702. The van der Waals surface area contributed by atoms with Gasteiger partial charge in [-0.15, -0.1) is 0 Å². The number of sulfone groups is 1. The first-order valence-electron chi connectivity index (χ1n) is 7.71. The average Bonchev–Trinajstić information content (AvgIpc) is 2.91. The van der Waals surface area contributed by atoms with E-state index in [1.807, 2.05) is 0 Å². The van der Waals surface area contributed by atoms with Crippen molar-refractivity contribution in [3.63, 3.8) is 0 Å². The van der Waals surface area contributed by atoms with Crippen LogP contribution in [0.15, 0.2) is 18.2 Å². The Morgan fingerprint density at radius 2 is 1.89 bits per heavy atom. The molecular formula is C15H14ClF5N2O4S. The first-order chi connectivity index (χ1) is 12.7. The van der Waals surface area contributed by atoms with Gasteiger partial charge in [0.25, 0.3) is 0 Å². The molecular weight excluding hydrogens is 435 g/mol. The minimum Gasteiger partial charge on any atom is -0.350 e. The average molecular weight is 449 g/mol. The van der Waals surface area contributed by atoms with E-state index >= 15 is 0 Å². The molecule has 1 aromatic carbocycles. The molecule has 0 radical (unpaired) electrons. The van der Waals surface area contributed by atoms with Crippen molar-refractivity contribution >= 4 is 33.3 Å². The number of nitrogens with zero attached hydrogens (tertiary/aromatic N) is 1. The van der Waals surface area contributed by atoms with Crippen molar-refractivity contribution in [2.75, 3.05) is 7.05 Å². The van der Waals surface area contributed by atoms with Crippen molar-refractivity contribution < 1.29 is 40.0 Å². The normalized spacial score (nSPS) is 18.5. The number of amides is 2. The maximum Gasteiger partial charge on any atom is 0.503 e. The zero-order chi connectivity index (χ0) is 21.5. The molecule has 6 nitrogen and oxygen atoms in total. The molecule has 1 N–H and O–H groups in total. The fourth-order valence-electron chi connectivity index (χ4n) is 2.64. The third-order valence-electron chi connectivity index (χ3n) is 4.28. The number of likely N-dealkylation sites (tertiary alicyclic amines) is 1. The number of alkyl halides is 5. The standard InChI is InChI=1S/C15H14ClF5N2O4S/c1-23-10(5-6-11(23)24)13(25)22-7-8-3-2-4-9(12(8)16)14(17,18)28(26,27)15(19,20)21/h2-4,10H,5-7H2,1H3,(H,22,25). The Bertz CT molecular complexity index is 904. The molecule has 1 aliphatic rings. The highest BCUT2D eigenvalue weighted by molar-refractivity contribution is 7.92. The summed E-state index contributed by atoms with van der Waals surface area (Å²) in [6.07, 6.45) is 0.406. The Balaban J connectivity index is 2.26. The summed E-state index contributed by atoms with van der Waals surface area (Å²) in [5.41, 5.74) is -7.95. The molecule has 0 bridgehead atoms. The highest BCUT2D eigenvalue weighted by Crippen LogP contribution is 2.45. The maximum atomic E-state index is 14.1. The lowest BCUT2D eigenvalue weighted by Crippen LogP contribution is -2.42. The number of hydrogen-bond donors (Lipinski definition) is 1. The highest BCUT2D eigenvalue weighted by Gasteiger charge is 2.63. The van der Waals surface area contributed by atoms with Crippen molar-refractivity contribution in [2.45, 2.75) is 36.2 Å². The number of rotatable bonds is 5. The number of hydrogen-bond acceptors (Lipinski definition) is 4. The van der Waals surface area contributed by atoms with E-state index in [9.17, 15) is 40.0 Å². The summed E-state index contributed by atoms with van der Waals surface area (Å²) < 4.78 is 88.2. The van der Waals surface area contributed by atoms with Gasteiger partial charge in [0.1, 0.15) is 6.04 Å². The molecule has 1 fully saturated rings. The van der Waals surface area contributed by atoms with E-state index in [0.29, 0.717) is 6.07 Å². The van der Waals surface area contributed by atoms with Crippen molar-refractivity contribution in [1.82, 2.24) is 10.2 Å². The van der Waals surface area contributed by atoms with Gasteiger partial charge in [-0.2, -0.15) is 22.0 Å². The van der Waals surface area contributed by atoms with E-state index < -0.39 is 49.7 Å². The summed E-state index contributed by atoms with van der Waals surface area (Å²) >= 11 is 5.72. The summed E-state index contributed by atoms with van der Waals surface area (Å²) in [5, 5.41) is -3.89. The fourth-order valence-corrected chi connectivity index (χ4v) is 3.76. The van der Waals surface area contributed by atoms with Crippen molar-refractivity contribution in [3.8, 4) is 0 Å². The van der Waals surface area contributed by atoms with Crippen LogP contribution in [0.3, 0.4) is 0 Å². The number of halogens is 6. The zero-order valence-electron chi connectivity index (χ0n) is 14.2. The van der Waals surface area contributed by atoms with Crippen LogP contribution >= 0.6 is 11.6 Å². The van der Waals surface area contributed by atoms with Gasteiger partial charge in [0, 0.05) is 20.0 Å². The fraction of sp³-hybridized carbons (Fsp3) is 0.467. The predicted octanol–water partition coefficient (Wildman–Crippen LogP) is 2.56. The Hall–Kier alpha value is -1.95. The minimum absolute atomic E-state index is 0.159. The van der Waals surface area contributed by atoms with Crippen LogP contribution in [-0.4, -0.2) is 43.7 Å². The minimum atomic E-state index is -6.88. The number of likely N-dealkylation sites (N-methyl/N-ethyl adjacent to an activating group) is 1. The first kappa shape index (κ1) is 22.3. The van der Waals surface area contributed by atoms with E-state index in [2.05, 4.69) is 5.32 Å². The monoisotopic (exact) mass is 448 g/mol. The van der Waals surface area contributed by atoms with Crippen LogP contribution in [-0.2, 0) is 31.2 Å². The number of carbonyl (C=O) groups excluding carboxylic acids is 2. The SMILES string of the molecule is CN1C(=O)CCC1C(=O)NCc1cccc(C(F)(F)S(=O)(=O)C(F)(F)F)c1Cl. The summed E-state index contributed by atoms with van der Waals surface area (Å²) in [4.78, 5) is 24.8. The van der Waals surface area contributed by atoms with Gasteiger partial charge >= 0.3 is 20.6 Å². The molecule has 0 aliphatic carbocycles. The Morgan fingerprint density at radius 1 is 1.29 bits per heavy atom. The third kappa shape index (κ3) is 3.79. The predicted molar refractivity (Wildman–Crippen MR) is 88.0 cm³/mol. The van der Waals surface area contributed by atoms with E-state index in [1.54, 1.807) is 0 Å². The molecule has 2 rings (SSSR count). The molecule has 0 saturated carbocycles. The van der Waals surface area contributed by atoms with Gasteiger partial charge < -0.3 is 10.2 Å². The van der Waals surface area contributed by atoms with Gasteiger partial charge in [0.05, 0.1) is 10.6 Å². The van der Waals surface area contributed by atoms with Gasteiger partial charge in [-0.1, -0.05) is 29.8 Å². The largest absolute Gasteiger partial charge is 0.503 e. The van der Waals surface area contributed by atoms with E-state index in [-0.39, 0.29) is 24.3 Å². The molecule has 1 atom stereocenters. The molecule has 1 aliphatic heterocycles. The molecule has 1 aromatic rings. The van der Waals surface area contributed by atoms with Crippen LogP contribution < -0.4 is 5.32 Å². The van der Waals surface area contributed by atoms with E-state index in [1.165, 1.54) is 11.9 Å². The number of carbonyl (C=O) groups is 2. The van der Waals surface area contributed by atoms with E-state index in [0.717, 1.165) is 12.1 Å².